The number of hydrogen-bond donors (Lipinski definition) is 2. The SMILES string of the molecule is Cl.N[C@@H](CO)c1cc2ccccc2o1. The minimum atomic E-state index is -0.424. The zero-order valence-corrected chi connectivity index (χ0v) is 8.33. The predicted molar refractivity (Wildman–Crippen MR) is 57.5 cm³/mol. The molecule has 76 valence electrons. The standard InChI is InChI=1S/C10H11NO2.ClH/c11-8(6-12)10-5-7-3-1-2-4-9(7)13-10;/h1-5,8,12H,6,11H2;1H/t8-;/m0./s1. The van der Waals surface area contributed by atoms with Gasteiger partial charge in [0.15, 0.2) is 0 Å². The molecule has 2 aromatic rings. The van der Waals surface area contributed by atoms with Crippen LogP contribution in [-0.4, -0.2) is 11.7 Å². The molecule has 1 heterocycles. The van der Waals surface area contributed by atoms with Gasteiger partial charge in [-0.1, -0.05) is 18.2 Å². The van der Waals surface area contributed by atoms with E-state index in [1.165, 1.54) is 0 Å². The Morgan fingerprint density at radius 2 is 2.07 bits per heavy atom. The van der Waals surface area contributed by atoms with Gasteiger partial charge in [0.25, 0.3) is 0 Å². The molecule has 1 atom stereocenters. The van der Waals surface area contributed by atoms with E-state index in [4.69, 9.17) is 15.3 Å². The fourth-order valence-corrected chi connectivity index (χ4v) is 1.28. The molecular formula is C10H12ClNO2. The highest BCUT2D eigenvalue weighted by Gasteiger charge is 2.09. The van der Waals surface area contributed by atoms with Crippen molar-refractivity contribution in [1.82, 2.24) is 0 Å². The number of nitrogens with two attached hydrogens (primary N) is 1. The summed E-state index contributed by atoms with van der Waals surface area (Å²) in [4.78, 5) is 0. The summed E-state index contributed by atoms with van der Waals surface area (Å²) < 4.78 is 5.44. The summed E-state index contributed by atoms with van der Waals surface area (Å²) in [6.45, 7) is -0.0974. The van der Waals surface area contributed by atoms with Gasteiger partial charge < -0.3 is 15.3 Å². The molecule has 14 heavy (non-hydrogen) atoms. The fourth-order valence-electron chi connectivity index (χ4n) is 1.28. The second-order valence-electron chi connectivity index (χ2n) is 2.98. The van der Waals surface area contributed by atoms with E-state index in [9.17, 15) is 0 Å². The fraction of sp³-hybridized carbons (Fsp3) is 0.200. The number of rotatable bonds is 2. The number of para-hydroxylation sites is 1. The van der Waals surface area contributed by atoms with E-state index >= 15 is 0 Å². The quantitative estimate of drug-likeness (QED) is 0.801. The lowest BCUT2D eigenvalue weighted by atomic mass is 10.2. The van der Waals surface area contributed by atoms with Crippen LogP contribution in [0.1, 0.15) is 11.8 Å². The van der Waals surface area contributed by atoms with Gasteiger partial charge in [0.1, 0.15) is 11.3 Å². The first-order chi connectivity index (χ1) is 6.31. The van der Waals surface area contributed by atoms with Crippen molar-refractivity contribution in [3.63, 3.8) is 0 Å². The smallest absolute Gasteiger partial charge is 0.134 e. The van der Waals surface area contributed by atoms with Crippen LogP contribution in [0.25, 0.3) is 11.0 Å². The Labute approximate surface area is 87.9 Å². The van der Waals surface area contributed by atoms with Crippen LogP contribution in [0.15, 0.2) is 34.7 Å². The first-order valence-electron chi connectivity index (χ1n) is 4.16. The van der Waals surface area contributed by atoms with Crippen molar-refractivity contribution in [2.24, 2.45) is 5.73 Å². The maximum absolute atomic E-state index is 8.83. The molecular weight excluding hydrogens is 202 g/mol. The highest BCUT2D eigenvalue weighted by atomic mass is 35.5. The van der Waals surface area contributed by atoms with Gasteiger partial charge in [0, 0.05) is 5.39 Å². The first-order valence-corrected chi connectivity index (χ1v) is 4.16. The number of fused-ring (bicyclic) bond motifs is 1. The lowest BCUT2D eigenvalue weighted by molar-refractivity contribution is 0.254. The molecule has 0 saturated carbocycles. The van der Waals surface area contributed by atoms with Crippen LogP contribution < -0.4 is 5.73 Å². The summed E-state index contributed by atoms with van der Waals surface area (Å²) >= 11 is 0. The Bertz CT molecular complexity index is 380. The third kappa shape index (κ3) is 1.90. The van der Waals surface area contributed by atoms with E-state index in [0.717, 1.165) is 11.0 Å². The minimum absolute atomic E-state index is 0. The predicted octanol–water partition coefficient (Wildman–Crippen LogP) is 1.85. The second-order valence-corrected chi connectivity index (χ2v) is 2.98. The van der Waals surface area contributed by atoms with Crippen molar-refractivity contribution in [2.75, 3.05) is 6.61 Å². The molecule has 0 unspecified atom stereocenters. The lowest BCUT2D eigenvalue weighted by Gasteiger charge is -2.01. The topological polar surface area (TPSA) is 59.4 Å². The van der Waals surface area contributed by atoms with Gasteiger partial charge in [0.05, 0.1) is 12.6 Å². The van der Waals surface area contributed by atoms with Gasteiger partial charge >= 0.3 is 0 Å². The van der Waals surface area contributed by atoms with Crippen LogP contribution in [0.4, 0.5) is 0 Å². The highest BCUT2D eigenvalue weighted by Crippen LogP contribution is 2.22. The summed E-state index contributed by atoms with van der Waals surface area (Å²) in [6, 6.07) is 9.10. The largest absolute Gasteiger partial charge is 0.459 e. The van der Waals surface area contributed by atoms with Crippen molar-refractivity contribution < 1.29 is 9.52 Å². The maximum Gasteiger partial charge on any atom is 0.134 e. The summed E-state index contributed by atoms with van der Waals surface area (Å²) in [7, 11) is 0. The molecule has 3 N–H and O–H groups in total. The Hall–Kier alpha value is -1.03. The summed E-state index contributed by atoms with van der Waals surface area (Å²) in [6.07, 6.45) is 0. The zero-order valence-electron chi connectivity index (χ0n) is 7.51. The molecule has 0 bridgehead atoms. The molecule has 0 aliphatic rings. The Morgan fingerprint density at radius 1 is 1.36 bits per heavy atom. The Kier molecular flexibility index (Phi) is 3.52. The maximum atomic E-state index is 8.83. The number of halogens is 1. The van der Waals surface area contributed by atoms with Crippen LogP contribution in [0, 0.1) is 0 Å². The molecule has 3 nitrogen and oxygen atoms in total. The van der Waals surface area contributed by atoms with Crippen molar-refractivity contribution in [2.45, 2.75) is 6.04 Å². The molecule has 0 aliphatic heterocycles. The van der Waals surface area contributed by atoms with Crippen LogP contribution in [0.3, 0.4) is 0 Å². The van der Waals surface area contributed by atoms with E-state index in [1.54, 1.807) is 0 Å². The first kappa shape index (κ1) is 11.0. The molecule has 2 rings (SSSR count). The van der Waals surface area contributed by atoms with Gasteiger partial charge in [-0.05, 0) is 12.1 Å². The summed E-state index contributed by atoms with van der Waals surface area (Å²) in [5.74, 6) is 0.628. The van der Waals surface area contributed by atoms with Crippen LogP contribution in [0.2, 0.25) is 0 Å². The van der Waals surface area contributed by atoms with Gasteiger partial charge in [-0.25, -0.2) is 0 Å². The molecule has 4 heteroatoms. The third-order valence-corrected chi connectivity index (χ3v) is 2.01. The summed E-state index contributed by atoms with van der Waals surface area (Å²) in [5, 5.41) is 9.84. The number of benzene rings is 1. The minimum Gasteiger partial charge on any atom is -0.459 e. The molecule has 1 aromatic carbocycles. The number of aliphatic hydroxyl groups excluding tert-OH is 1. The molecule has 0 amide bonds. The van der Waals surface area contributed by atoms with E-state index < -0.39 is 6.04 Å². The van der Waals surface area contributed by atoms with E-state index in [-0.39, 0.29) is 19.0 Å². The van der Waals surface area contributed by atoms with Gasteiger partial charge in [-0.3, -0.25) is 0 Å². The van der Waals surface area contributed by atoms with Crippen LogP contribution >= 0.6 is 12.4 Å². The molecule has 0 radical (unpaired) electrons. The molecule has 0 spiro atoms. The second kappa shape index (κ2) is 4.46. The average molecular weight is 214 g/mol. The third-order valence-electron chi connectivity index (χ3n) is 2.01. The molecule has 0 saturated heterocycles. The van der Waals surface area contributed by atoms with Crippen LogP contribution in [0.5, 0.6) is 0 Å². The van der Waals surface area contributed by atoms with Gasteiger partial charge in [-0.15, -0.1) is 12.4 Å². The van der Waals surface area contributed by atoms with Crippen molar-refractivity contribution in [3.8, 4) is 0 Å². The van der Waals surface area contributed by atoms with E-state index in [0.29, 0.717) is 5.76 Å². The average Bonchev–Trinajstić information content (AvgIpc) is 2.59. The van der Waals surface area contributed by atoms with Crippen molar-refractivity contribution >= 4 is 23.4 Å². The number of aliphatic hydroxyl groups is 1. The van der Waals surface area contributed by atoms with E-state index in [1.807, 2.05) is 30.3 Å². The normalized spacial score (nSPS) is 12.4. The van der Waals surface area contributed by atoms with Gasteiger partial charge in [0.2, 0.25) is 0 Å². The van der Waals surface area contributed by atoms with E-state index in [2.05, 4.69) is 0 Å². The van der Waals surface area contributed by atoms with Gasteiger partial charge in [-0.2, -0.15) is 0 Å². The van der Waals surface area contributed by atoms with Crippen molar-refractivity contribution in [3.05, 3.63) is 36.1 Å². The number of furan rings is 1. The van der Waals surface area contributed by atoms with Crippen LogP contribution in [-0.2, 0) is 0 Å². The zero-order chi connectivity index (χ0) is 9.26. The Balaban J connectivity index is 0.000000980. The summed E-state index contributed by atoms with van der Waals surface area (Å²) in [5.41, 5.74) is 6.42. The molecule has 0 fully saturated rings. The Morgan fingerprint density at radius 3 is 2.71 bits per heavy atom. The monoisotopic (exact) mass is 213 g/mol. The lowest BCUT2D eigenvalue weighted by Crippen LogP contribution is -2.13. The number of hydrogen-bond acceptors (Lipinski definition) is 3. The van der Waals surface area contributed by atoms with Crippen molar-refractivity contribution in [1.29, 1.82) is 0 Å². The molecule has 0 aliphatic carbocycles. The highest BCUT2D eigenvalue weighted by molar-refractivity contribution is 5.85. The molecule has 1 aromatic heterocycles.